The van der Waals surface area contributed by atoms with E-state index in [1.807, 2.05) is 24.3 Å². The van der Waals surface area contributed by atoms with E-state index in [1.165, 1.54) is 5.56 Å². The Morgan fingerprint density at radius 1 is 0.967 bits per heavy atom. The average molecular weight is 411 g/mol. The topological polar surface area (TPSA) is 82.7 Å². The summed E-state index contributed by atoms with van der Waals surface area (Å²) in [6.07, 6.45) is -0.568. The van der Waals surface area contributed by atoms with Crippen LogP contribution in [-0.4, -0.2) is 48.7 Å². The van der Waals surface area contributed by atoms with Gasteiger partial charge in [-0.3, -0.25) is 15.0 Å². The van der Waals surface area contributed by atoms with Crippen LogP contribution in [-0.2, 0) is 11.3 Å². The molecule has 0 atom stereocenters. The molecule has 30 heavy (non-hydrogen) atoms. The van der Waals surface area contributed by atoms with Crippen LogP contribution in [0.5, 0.6) is 0 Å². The molecule has 0 aromatic heterocycles. The molecule has 1 fully saturated rings. The first-order valence-corrected chi connectivity index (χ1v) is 10.2. The molecule has 1 aliphatic rings. The number of para-hydroxylation sites is 2. The number of amides is 2. The molecule has 1 aliphatic heterocycles. The van der Waals surface area contributed by atoms with E-state index >= 15 is 0 Å². The molecule has 0 spiro atoms. The van der Waals surface area contributed by atoms with Crippen molar-refractivity contribution in [3.63, 3.8) is 0 Å². The standard InChI is InChI=1S/C23H30N4O3/c1-23(2,3)30-22(29)26-20-7-5-4-6-19(20)25-21(28)18-10-8-17(9-11-18)16-27-14-12-24-13-15-27/h4-11,24H,12-16H2,1-3H3,(H,25,28)(H,26,29). The second kappa shape index (κ2) is 9.73. The smallest absolute Gasteiger partial charge is 0.412 e. The first kappa shape index (κ1) is 21.8. The molecule has 1 saturated heterocycles. The fourth-order valence-corrected chi connectivity index (χ4v) is 3.20. The van der Waals surface area contributed by atoms with E-state index in [0.717, 1.165) is 32.7 Å². The number of nitrogens with one attached hydrogen (secondary N) is 3. The van der Waals surface area contributed by atoms with Gasteiger partial charge < -0.3 is 15.4 Å². The van der Waals surface area contributed by atoms with E-state index in [-0.39, 0.29) is 5.91 Å². The Hall–Kier alpha value is -2.90. The van der Waals surface area contributed by atoms with E-state index in [9.17, 15) is 9.59 Å². The lowest BCUT2D eigenvalue weighted by atomic mass is 10.1. The van der Waals surface area contributed by atoms with Gasteiger partial charge in [0, 0.05) is 38.3 Å². The van der Waals surface area contributed by atoms with Crippen LogP contribution >= 0.6 is 0 Å². The minimum Gasteiger partial charge on any atom is -0.444 e. The van der Waals surface area contributed by atoms with Gasteiger partial charge in [0.15, 0.2) is 0 Å². The van der Waals surface area contributed by atoms with Crippen molar-refractivity contribution in [2.24, 2.45) is 0 Å². The van der Waals surface area contributed by atoms with Gasteiger partial charge in [0.25, 0.3) is 5.91 Å². The van der Waals surface area contributed by atoms with Gasteiger partial charge in [0.1, 0.15) is 5.60 Å². The molecular formula is C23H30N4O3. The summed E-state index contributed by atoms with van der Waals surface area (Å²) >= 11 is 0. The molecule has 0 unspecified atom stereocenters. The third-order valence-corrected chi connectivity index (χ3v) is 4.64. The zero-order valence-electron chi connectivity index (χ0n) is 17.8. The van der Waals surface area contributed by atoms with Gasteiger partial charge in [0.2, 0.25) is 0 Å². The summed E-state index contributed by atoms with van der Waals surface area (Å²) < 4.78 is 5.29. The van der Waals surface area contributed by atoms with Gasteiger partial charge in [-0.1, -0.05) is 24.3 Å². The van der Waals surface area contributed by atoms with Gasteiger partial charge in [-0.25, -0.2) is 4.79 Å². The number of carbonyl (C=O) groups is 2. The van der Waals surface area contributed by atoms with Crippen molar-refractivity contribution in [3.05, 3.63) is 59.7 Å². The zero-order valence-corrected chi connectivity index (χ0v) is 17.8. The number of hydrogen-bond acceptors (Lipinski definition) is 5. The number of rotatable bonds is 5. The Bertz CT molecular complexity index is 869. The summed E-state index contributed by atoms with van der Waals surface area (Å²) in [6, 6.07) is 14.7. The molecular weight excluding hydrogens is 380 g/mol. The minimum atomic E-state index is -0.602. The summed E-state index contributed by atoms with van der Waals surface area (Å²) in [5.41, 5.74) is 2.13. The zero-order chi connectivity index (χ0) is 21.6. The fraction of sp³-hybridized carbons (Fsp3) is 0.391. The maximum absolute atomic E-state index is 12.7. The van der Waals surface area contributed by atoms with Crippen molar-refractivity contribution in [2.45, 2.75) is 32.9 Å². The molecule has 160 valence electrons. The quantitative estimate of drug-likeness (QED) is 0.700. The molecule has 3 rings (SSSR count). The second-order valence-electron chi connectivity index (χ2n) is 8.35. The normalized spacial score (nSPS) is 14.8. The maximum Gasteiger partial charge on any atom is 0.412 e. The summed E-state index contributed by atoms with van der Waals surface area (Å²) in [7, 11) is 0. The number of piperazine rings is 1. The predicted molar refractivity (Wildman–Crippen MR) is 119 cm³/mol. The second-order valence-corrected chi connectivity index (χ2v) is 8.35. The number of anilines is 2. The SMILES string of the molecule is CC(C)(C)OC(=O)Nc1ccccc1NC(=O)c1ccc(CN2CCNCC2)cc1. The summed E-state index contributed by atoms with van der Waals surface area (Å²) in [6.45, 7) is 10.4. The molecule has 7 nitrogen and oxygen atoms in total. The first-order chi connectivity index (χ1) is 14.3. The van der Waals surface area contributed by atoms with Crippen molar-refractivity contribution < 1.29 is 14.3 Å². The minimum absolute atomic E-state index is 0.234. The van der Waals surface area contributed by atoms with Crippen LogP contribution in [0.4, 0.5) is 16.2 Å². The van der Waals surface area contributed by atoms with Crippen LogP contribution in [0.3, 0.4) is 0 Å². The van der Waals surface area contributed by atoms with E-state index < -0.39 is 11.7 Å². The number of hydrogen-bond donors (Lipinski definition) is 3. The largest absolute Gasteiger partial charge is 0.444 e. The molecule has 0 saturated carbocycles. The molecule has 0 radical (unpaired) electrons. The van der Waals surface area contributed by atoms with Crippen LogP contribution in [0.15, 0.2) is 48.5 Å². The van der Waals surface area contributed by atoms with Crippen LogP contribution in [0.25, 0.3) is 0 Å². The molecule has 3 N–H and O–H groups in total. The molecule has 0 aliphatic carbocycles. The van der Waals surface area contributed by atoms with Crippen molar-refractivity contribution in [3.8, 4) is 0 Å². The summed E-state index contributed by atoms with van der Waals surface area (Å²) in [4.78, 5) is 27.2. The number of ether oxygens (including phenoxy) is 1. The van der Waals surface area contributed by atoms with Gasteiger partial charge >= 0.3 is 6.09 Å². The van der Waals surface area contributed by atoms with E-state index in [1.54, 1.807) is 45.0 Å². The van der Waals surface area contributed by atoms with Crippen LogP contribution in [0, 0.1) is 0 Å². The Labute approximate surface area is 177 Å². The molecule has 1 heterocycles. The summed E-state index contributed by atoms with van der Waals surface area (Å²) in [5.74, 6) is -0.234. The maximum atomic E-state index is 12.7. The monoisotopic (exact) mass is 410 g/mol. The highest BCUT2D eigenvalue weighted by atomic mass is 16.6. The number of nitrogens with zero attached hydrogens (tertiary/aromatic N) is 1. The Morgan fingerprint density at radius 2 is 1.57 bits per heavy atom. The Morgan fingerprint density at radius 3 is 2.17 bits per heavy atom. The highest BCUT2D eigenvalue weighted by Gasteiger charge is 2.18. The Balaban J connectivity index is 1.62. The van der Waals surface area contributed by atoms with Crippen molar-refractivity contribution in [1.82, 2.24) is 10.2 Å². The molecule has 2 aromatic carbocycles. The lowest BCUT2D eigenvalue weighted by Gasteiger charge is -2.27. The van der Waals surface area contributed by atoms with Crippen molar-refractivity contribution in [1.29, 1.82) is 0 Å². The van der Waals surface area contributed by atoms with Gasteiger partial charge in [-0.05, 0) is 50.6 Å². The van der Waals surface area contributed by atoms with Crippen LogP contribution in [0.2, 0.25) is 0 Å². The van der Waals surface area contributed by atoms with Crippen molar-refractivity contribution >= 4 is 23.4 Å². The molecule has 2 aromatic rings. The van der Waals surface area contributed by atoms with Gasteiger partial charge in [-0.15, -0.1) is 0 Å². The predicted octanol–water partition coefficient (Wildman–Crippen LogP) is 3.69. The lowest BCUT2D eigenvalue weighted by Crippen LogP contribution is -2.42. The van der Waals surface area contributed by atoms with E-state index in [4.69, 9.17) is 4.74 Å². The third kappa shape index (κ3) is 6.57. The van der Waals surface area contributed by atoms with Crippen LogP contribution < -0.4 is 16.0 Å². The fourth-order valence-electron chi connectivity index (χ4n) is 3.20. The molecule has 0 bridgehead atoms. The highest BCUT2D eigenvalue weighted by molar-refractivity contribution is 6.06. The summed E-state index contributed by atoms with van der Waals surface area (Å²) in [5, 5.41) is 8.91. The first-order valence-electron chi connectivity index (χ1n) is 10.2. The van der Waals surface area contributed by atoms with E-state index in [2.05, 4.69) is 20.9 Å². The third-order valence-electron chi connectivity index (χ3n) is 4.64. The Kier molecular flexibility index (Phi) is 7.07. The number of carbonyl (C=O) groups excluding carboxylic acids is 2. The number of benzene rings is 2. The highest BCUT2D eigenvalue weighted by Crippen LogP contribution is 2.23. The molecule has 7 heteroatoms. The molecule has 2 amide bonds. The van der Waals surface area contributed by atoms with Gasteiger partial charge in [0.05, 0.1) is 11.4 Å². The lowest BCUT2D eigenvalue weighted by molar-refractivity contribution is 0.0635. The van der Waals surface area contributed by atoms with E-state index in [0.29, 0.717) is 16.9 Å². The van der Waals surface area contributed by atoms with Gasteiger partial charge in [-0.2, -0.15) is 0 Å². The average Bonchev–Trinajstić information content (AvgIpc) is 2.69. The van der Waals surface area contributed by atoms with Crippen LogP contribution in [0.1, 0.15) is 36.7 Å². The van der Waals surface area contributed by atoms with Crippen molar-refractivity contribution in [2.75, 3.05) is 36.8 Å².